The first-order valence-electron chi connectivity index (χ1n) is 8.77. The minimum absolute atomic E-state index is 0.0684. The highest BCUT2D eigenvalue weighted by Crippen LogP contribution is 2.48. The second-order valence-electron chi connectivity index (χ2n) is 6.45. The molecule has 0 bridgehead atoms. The smallest absolute Gasteiger partial charge is 0.322 e. The molecule has 0 unspecified atom stereocenters. The van der Waals surface area contributed by atoms with Crippen LogP contribution in [0.2, 0.25) is 0 Å². The van der Waals surface area contributed by atoms with Crippen molar-refractivity contribution in [1.82, 2.24) is 5.32 Å². The molecular formula is C20H22N2O3. The quantitative estimate of drug-likeness (QED) is 0.925. The van der Waals surface area contributed by atoms with Gasteiger partial charge in [-0.3, -0.25) is 4.90 Å². The zero-order valence-corrected chi connectivity index (χ0v) is 14.3. The van der Waals surface area contributed by atoms with Crippen LogP contribution in [0.5, 0.6) is 11.5 Å². The van der Waals surface area contributed by atoms with Crippen LogP contribution in [0.15, 0.2) is 48.5 Å². The van der Waals surface area contributed by atoms with E-state index in [1.165, 1.54) is 0 Å². The van der Waals surface area contributed by atoms with Gasteiger partial charge in [-0.05, 0) is 49.6 Å². The standard InChI is InChI=1S/C20H22N2O3/c1-2-22(16-6-4-3-5-7-16)19(23)21-20(10-11-20)15-8-9-17-18(14-15)25-13-12-24-17/h3-9,14H,2,10-13H2,1H3,(H,21,23). The summed E-state index contributed by atoms with van der Waals surface area (Å²) in [6.07, 6.45) is 1.87. The molecule has 0 saturated heterocycles. The molecule has 1 fully saturated rings. The van der Waals surface area contributed by atoms with Gasteiger partial charge in [-0.15, -0.1) is 0 Å². The molecule has 0 spiro atoms. The summed E-state index contributed by atoms with van der Waals surface area (Å²) in [6, 6.07) is 15.6. The number of anilines is 1. The molecule has 2 amide bonds. The molecule has 0 atom stereocenters. The van der Waals surface area contributed by atoms with E-state index in [9.17, 15) is 4.79 Å². The maximum Gasteiger partial charge on any atom is 0.322 e. The predicted octanol–water partition coefficient (Wildman–Crippen LogP) is 3.68. The second kappa shape index (κ2) is 6.31. The van der Waals surface area contributed by atoms with Gasteiger partial charge in [0.15, 0.2) is 11.5 Å². The minimum atomic E-state index is -0.297. The number of nitrogens with zero attached hydrogens (tertiary/aromatic N) is 1. The largest absolute Gasteiger partial charge is 0.486 e. The Kier molecular flexibility index (Phi) is 3.99. The van der Waals surface area contributed by atoms with E-state index < -0.39 is 0 Å². The highest BCUT2D eigenvalue weighted by molar-refractivity contribution is 5.92. The summed E-state index contributed by atoms with van der Waals surface area (Å²) in [6.45, 7) is 3.74. The third kappa shape index (κ3) is 3.02. The van der Waals surface area contributed by atoms with E-state index >= 15 is 0 Å². The van der Waals surface area contributed by atoms with Crippen LogP contribution in [0.25, 0.3) is 0 Å². The third-order valence-electron chi connectivity index (χ3n) is 4.82. The van der Waals surface area contributed by atoms with Crippen molar-refractivity contribution in [3.63, 3.8) is 0 Å². The lowest BCUT2D eigenvalue weighted by molar-refractivity contribution is 0.171. The zero-order valence-electron chi connectivity index (χ0n) is 14.3. The van der Waals surface area contributed by atoms with Gasteiger partial charge in [0, 0.05) is 12.2 Å². The molecule has 130 valence electrons. The summed E-state index contributed by atoms with van der Waals surface area (Å²) in [5, 5.41) is 3.23. The Hall–Kier alpha value is -2.69. The Morgan fingerprint density at radius 2 is 1.80 bits per heavy atom. The molecule has 1 saturated carbocycles. The Morgan fingerprint density at radius 1 is 1.08 bits per heavy atom. The number of para-hydroxylation sites is 1. The van der Waals surface area contributed by atoms with Crippen molar-refractivity contribution < 1.29 is 14.3 Å². The highest BCUT2D eigenvalue weighted by Gasteiger charge is 2.47. The number of urea groups is 1. The summed E-state index contributed by atoms with van der Waals surface area (Å²) in [5.41, 5.74) is 1.68. The number of hydrogen-bond donors (Lipinski definition) is 1. The fraction of sp³-hybridized carbons (Fsp3) is 0.350. The SMILES string of the molecule is CCN(C(=O)NC1(c2ccc3c(c2)OCCO3)CC1)c1ccccc1. The lowest BCUT2D eigenvalue weighted by atomic mass is 10.0. The lowest BCUT2D eigenvalue weighted by Crippen LogP contribution is -2.45. The van der Waals surface area contributed by atoms with E-state index in [-0.39, 0.29) is 11.6 Å². The van der Waals surface area contributed by atoms with E-state index in [1.807, 2.05) is 55.5 Å². The molecule has 1 heterocycles. The molecule has 5 heteroatoms. The van der Waals surface area contributed by atoms with Gasteiger partial charge in [-0.1, -0.05) is 24.3 Å². The molecule has 4 rings (SSSR count). The maximum absolute atomic E-state index is 12.9. The number of carbonyl (C=O) groups excluding carboxylic acids is 1. The maximum atomic E-state index is 12.9. The van der Waals surface area contributed by atoms with Crippen molar-refractivity contribution in [3.8, 4) is 11.5 Å². The first-order chi connectivity index (χ1) is 12.2. The van der Waals surface area contributed by atoms with Crippen LogP contribution in [0.3, 0.4) is 0 Å². The summed E-state index contributed by atoms with van der Waals surface area (Å²) in [4.78, 5) is 14.6. The number of amides is 2. The molecule has 2 aliphatic rings. The first kappa shape index (κ1) is 15.8. The molecule has 1 aliphatic carbocycles. The van der Waals surface area contributed by atoms with Gasteiger partial charge < -0.3 is 14.8 Å². The second-order valence-corrected chi connectivity index (χ2v) is 6.45. The van der Waals surface area contributed by atoms with Gasteiger partial charge in [0.2, 0.25) is 0 Å². The molecule has 0 radical (unpaired) electrons. The van der Waals surface area contributed by atoms with Gasteiger partial charge in [0.1, 0.15) is 13.2 Å². The molecular weight excluding hydrogens is 316 g/mol. The van der Waals surface area contributed by atoms with Crippen molar-refractivity contribution >= 4 is 11.7 Å². The molecule has 1 aliphatic heterocycles. The van der Waals surface area contributed by atoms with Crippen LogP contribution in [0.4, 0.5) is 10.5 Å². The number of ether oxygens (including phenoxy) is 2. The Bertz CT molecular complexity index is 772. The van der Waals surface area contributed by atoms with E-state index in [1.54, 1.807) is 4.90 Å². The van der Waals surface area contributed by atoms with E-state index in [2.05, 4.69) is 5.32 Å². The highest BCUT2D eigenvalue weighted by atomic mass is 16.6. The third-order valence-corrected chi connectivity index (χ3v) is 4.82. The van der Waals surface area contributed by atoms with Crippen molar-refractivity contribution in [3.05, 3.63) is 54.1 Å². The average molecular weight is 338 g/mol. The number of carbonyl (C=O) groups is 1. The number of hydrogen-bond acceptors (Lipinski definition) is 3. The summed E-state index contributed by atoms with van der Waals surface area (Å²) < 4.78 is 11.3. The summed E-state index contributed by atoms with van der Waals surface area (Å²) in [5.74, 6) is 1.54. The van der Waals surface area contributed by atoms with Crippen molar-refractivity contribution in [1.29, 1.82) is 0 Å². The van der Waals surface area contributed by atoms with Crippen molar-refractivity contribution in [2.45, 2.75) is 25.3 Å². The van der Waals surface area contributed by atoms with Gasteiger partial charge >= 0.3 is 6.03 Å². The van der Waals surface area contributed by atoms with Gasteiger partial charge in [-0.2, -0.15) is 0 Å². The van der Waals surface area contributed by atoms with Gasteiger partial charge in [0.25, 0.3) is 0 Å². The normalized spacial score (nSPS) is 16.8. The average Bonchev–Trinajstić information content (AvgIpc) is 3.43. The lowest BCUT2D eigenvalue weighted by Gasteiger charge is -2.27. The Balaban J connectivity index is 1.54. The molecule has 5 nitrogen and oxygen atoms in total. The van der Waals surface area contributed by atoms with Crippen LogP contribution in [-0.2, 0) is 5.54 Å². The monoisotopic (exact) mass is 338 g/mol. The zero-order chi connectivity index (χ0) is 17.3. The Labute approximate surface area is 147 Å². The predicted molar refractivity (Wildman–Crippen MR) is 96.3 cm³/mol. The summed E-state index contributed by atoms with van der Waals surface area (Å²) in [7, 11) is 0. The fourth-order valence-electron chi connectivity index (χ4n) is 3.28. The van der Waals surface area contributed by atoms with Crippen LogP contribution in [-0.4, -0.2) is 25.8 Å². The number of fused-ring (bicyclic) bond motifs is 1. The molecule has 2 aromatic carbocycles. The Morgan fingerprint density at radius 3 is 2.48 bits per heavy atom. The number of rotatable bonds is 4. The first-order valence-corrected chi connectivity index (χ1v) is 8.77. The minimum Gasteiger partial charge on any atom is -0.486 e. The molecule has 2 aromatic rings. The van der Waals surface area contributed by atoms with Gasteiger partial charge in [-0.25, -0.2) is 4.79 Å². The van der Waals surface area contributed by atoms with Crippen LogP contribution < -0.4 is 19.7 Å². The van der Waals surface area contributed by atoms with Crippen molar-refractivity contribution in [2.24, 2.45) is 0 Å². The van der Waals surface area contributed by atoms with Gasteiger partial charge in [0.05, 0.1) is 5.54 Å². The van der Waals surface area contributed by atoms with E-state index in [4.69, 9.17) is 9.47 Å². The van der Waals surface area contributed by atoms with E-state index in [0.717, 1.165) is 35.6 Å². The van der Waals surface area contributed by atoms with Crippen molar-refractivity contribution in [2.75, 3.05) is 24.7 Å². The molecule has 25 heavy (non-hydrogen) atoms. The molecule has 0 aromatic heterocycles. The van der Waals surface area contributed by atoms with Crippen LogP contribution >= 0.6 is 0 Å². The number of nitrogens with one attached hydrogen (secondary N) is 1. The fourth-order valence-corrected chi connectivity index (χ4v) is 3.28. The van der Waals surface area contributed by atoms with Crippen LogP contribution in [0.1, 0.15) is 25.3 Å². The topological polar surface area (TPSA) is 50.8 Å². The number of benzene rings is 2. The molecule has 1 N–H and O–H groups in total. The summed E-state index contributed by atoms with van der Waals surface area (Å²) >= 11 is 0. The van der Waals surface area contributed by atoms with Crippen LogP contribution in [0, 0.1) is 0 Å². The van der Waals surface area contributed by atoms with E-state index in [0.29, 0.717) is 19.8 Å².